The standard InChI is InChI=1S/C17H36N2/c1-6-8-9-10-11-15(5)19-13-16(7-2)18-12-17(19)14(3)4/h14-18H,6-13H2,1-5H3. The van der Waals surface area contributed by atoms with Gasteiger partial charge < -0.3 is 5.32 Å². The van der Waals surface area contributed by atoms with Crippen LogP contribution in [0, 0.1) is 5.92 Å². The van der Waals surface area contributed by atoms with E-state index in [1.54, 1.807) is 0 Å². The first-order valence-corrected chi connectivity index (χ1v) is 8.59. The molecule has 0 saturated carbocycles. The molecule has 1 saturated heterocycles. The Morgan fingerprint density at radius 1 is 1.11 bits per heavy atom. The molecule has 0 aromatic carbocycles. The third-order valence-electron chi connectivity index (χ3n) is 4.78. The van der Waals surface area contributed by atoms with Crippen LogP contribution in [0.2, 0.25) is 0 Å². The lowest BCUT2D eigenvalue weighted by atomic mass is 9.94. The first-order valence-electron chi connectivity index (χ1n) is 8.59. The normalized spacial score (nSPS) is 26.8. The van der Waals surface area contributed by atoms with Crippen molar-refractivity contribution in [3.05, 3.63) is 0 Å². The second-order valence-corrected chi connectivity index (χ2v) is 6.72. The fourth-order valence-corrected chi connectivity index (χ4v) is 3.29. The number of unbranched alkanes of at least 4 members (excludes halogenated alkanes) is 3. The van der Waals surface area contributed by atoms with Gasteiger partial charge in [0.25, 0.3) is 0 Å². The van der Waals surface area contributed by atoms with Crippen LogP contribution >= 0.6 is 0 Å². The Morgan fingerprint density at radius 3 is 2.42 bits per heavy atom. The van der Waals surface area contributed by atoms with Crippen LogP contribution in [0.25, 0.3) is 0 Å². The van der Waals surface area contributed by atoms with Gasteiger partial charge >= 0.3 is 0 Å². The molecule has 3 atom stereocenters. The summed E-state index contributed by atoms with van der Waals surface area (Å²) < 4.78 is 0. The number of nitrogens with zero attached hydrogens (tertiary/aromatic N) is 1. The Morgan fingerprint density at radius 2 is 1.84 bits per heavy atom. The van der Waals surface area contributed by atoms with E-state index in [1.807, 2.05) is 0 Å². The van der Waals surface area contributed by atoms with Gasteiger partial charge in [0.1, 0.15) is 0 Å². The molecule has 114 valence electrons. The summed E-state index contributed by atoms with van der Waals surface area (Å²) in [4.78, 5) is 2.79. The van der Waals surface area contributed by atoms with E-state index in [1.165, 1.54) is 51.6 Å². The number of nitrogens with one attached hydrogen (secondary N) is 1. The Balaban J connectivity index is 2.47. The molecule has 0 aromatic rings. The number of rotatable bonds is 8. The smallest absolute Gasteiger partial charge is 0.0247 e. The lowest BCUT2D eigenvalue weighted by Gasteiger charge is -2.45. The lowest BCUT2D eigenvalue weighted by molar-refractivity contribution is 0.0569. The number of hydrogen-bond acceptors (Lipinski definition) is 2. The molecule has 0 aromatic heterocycles. The minimum absolute atomic E-state index is 0.702. The van der Waals surface area contributed by atoms with Crippen LogP contribution in [0.1, 0.15) is 73.1 Å². The van der Waals surface area contributed by atoms with Crippen molar-refractivity contribution in [1.82, 2.24) is 10.2 Å². The van der Waals surface area contributed by atoms with Crippen molar-refractivity contribution in [3.8, 4) is 0 Å². The summed E-state index contributed by atoms with van der Waals surface area (Å²) in [5.74, 6) is 0.753. The molecular formula is C17H36N2. The van der Waals surface area contributed by atoms with Crippen molar-refractivity contribution in [2.75, 3.05) is 13.1 Å². The molecule has 0 bridgehead atoms. The Hall–Kier alpha value is -0.0800. The summed E-state index contributed by atoms with van der Waals surface area (Å²) >= 11 is 0. The lowest BCUT2D eigenvalue weighted by Crippen LogP contribution is -2.60. The first-order chi connectivity index (χ1) is 9.10. The monoisotopic (exact) mass is 268 g/mol. The topological polar surface area (TPSA) is 15.3 Å². The Bertz CT molecular complexity index is 227. The molecule has 2 nitrogen and oxygen atoms in total. The van der Waals surface area contributed by atoms with Crippen LogP contribution in [0.15, 0.2) is 0 Å². The molecule has 0 spiro atoms. The largest absolute Gasteiger partial charge is 0.311 e. The summed E-state index contributed by atoms with van der Waals surface area (Å²) in [6.45, 7) is 14.2. The zero-order valence-corrected chi connectivity index (χ0v) is 13.9. The van der Waals surface area contributed by atoms with Crippen molar-refractivity contribution in [3.63, 3.8) is 0 Å². The summed E-state index contributed by atoms with van der Waals surface area (Å²) in [6, 6.07) is 2.18. The molecule has 1 heterocycles. The fourth-order valence-electron chi connectivity index (χ4n) is 3.29. The maximum atomic E-state index is 3.72. The van der Waals surface area contributed by atoms with Gasteiger partial charge in [0.2, 0.25) is 0 Å². The van der Waals surface area contributed by atoms with Crippen molar-refractivity contribution in [1.29, 1.82) is 0 Å². The van der Waals surface area contributed by atoms with Crippen molar-refractivity contribution in [2.45, 2.75) is 91.3 Å². The number of hydrogen-bond donors (Lipinski definition) is 1. The van der Waals surface area contributed by atoms with E-state index in [9.17, 15) is 0 Å². The van der Waals surface area contributed by atoms with Gasteiger partial charge in [-0.1, -0.05) is 53.4 Å². The summed E-state index contributed by atoms with van der Waals surface area (Å²) in [5.41, 5.74) is 0. The molecule has 0 aliphatic carbocycles. The van der Waals surface area contributed by atoms with Crippen LogP contribution in [0.4, 0.5) is 0 Å². The van der Waals surface area contributed by atoms with Gasteiger partial charge in [-0.2, -0.15) is 0 Å². The van der Waals surface area contributed by atoms with E-state index in [4.69, 9.17) is 0 Å². The van der Waals surface area contributed by atoms with Crippen LogP contribution in [-0.4, -0.2) is 36.1 Å². The van der Waals surface area contributed by atoms with Gasteiger partial charge in [-0.05, 0) is 25.7 Å². The highest BCUT2D eigenvalue weighted by atomic mass is 15.3. The number of piperazine rings is 1. The molecule has 0 amide bonds. The summed E-state index contributed by atoms with van der Waals surface area (Å²) in [7, 11) is 0. The second kappa shape index (κ2) is 8.97. The maximum Gasteiger partial charge on any atom is 0.0247 e. The SMILES string of the molecule is CCCCCCC(C)N1CC(CC)NCC1C(C)C. The average molecular weight is 268 g/mol. The predicted octanol–water partition coefficient (Wildman–Crippen LogP) is 4.05. The minimum atomic E-state index is 0.702. The van der Waals surface area contributed by atoms with Gasteiger partial charge in [-0.25, -0.2) is 0 Å². The van der Waals surface area contributed by atoms with Gasteiger partial charge in [0.15, 0.2) is 0 Å². The zero-order valence-electron chi connectivity index (χ0n) is 13.9. The van der Waals surface area contributed by atoms with Crippen molar-refractivity contribution >= 4 is 0 Å². The molecule has 3 unspecified atom stereocenters. The Kier molecular flexibility index (Phi) is 8.01. The van der Waals surface area contributed by atoms with Crippen LogP contribution in [0.3, 0.4) is 0 Å². The zero-order chi connectivity index (χ0) is 14.3. The summed E-state index contributed by atoms with van der Waals surface area (Å²) in [6.07, 6.45) is 8.19. The third kappa shape index (κ3) is 5.43. The van der Waals surface area contributed by atoms with Gasteiger partial charge in [0.05, 0.1) is 0 Å². The Labute approximate surface area is 121 Å². The molecule has 1 fully saturated rings. The van der Waals surface area contributed by atoms with E-state index in [2.05, 4.69) is 44.8 Å². The fraction of sp³-hybridized carbons (Fsp3) is 1.00. The van der Waals surface area contributed by atoms with E-state index in [0.29, 0.717) is 6.04 Å². The van der Waals surface area contributed by atoms with Gasteiger partial charge in [0, 0.05) is 31.2 Å². The highest BCUT2D eigenvalue weighted by molar-refractivity contribution is 4.89. The summed E-state index contributed by atoms with van der Waals surface area (Å²) in [5, 5.41) is 3.72. The molecule has 2 heteroatoms. The van der Waals surface area contributed by atoms with Crippen LogP contribution in [0.5, 0.6) is 0 Å². The van der Waals surface area contributed by atoms with Crippen molar-refractivity contribution < 1.29 is 0 Å². The first kappa shape index (κ1) is 17.0. The third-order valence-corrected chi connectivity index (χ3v) is 4.78. The highest BCUT2D eigenvalue weighted by Crippen LogP contribution is 2.22. The van der Waals surface area contributed by atoms with Crippen LogP contribution in [-0.2, 0) is 0 Å². The minimum Gasteiger partial charge on any atom is -0.311 e. The quantitative estimate of drug-likeness (QED) is 0.668. The van der Waals surface area contributed by atoms with Crippen LogP contribution < -0.4 is 5.32 Å². The second-order valence-electron chi connectivity index (χ2n) is 6.72. The molecular weight excluding hydrogens is 232 g/mol. The molecule has 1 N–H and O–H groups in total. The van der Waals surface area contributed by atoms with E-state index < -0.39 is 0 Å². The molecule has 1 rings (SSSR count). The average Bonchev–Trinajstić information content (AvgIpc) is 2.42. The van der Waals surface area contributed by atoms with E-state index in [0.717, 1.165) is 18.0 Å². The molecule has 1 aliphatic rings. The molecule has 1 aliphatic heterocycles. The van der Waals surface area contributed by atoms with Crippen molar-refractivity contribution in [2.24, 2.45) is 5.92 Å². The molecule has 0 radical (unpaired) electrons. The predicted molar refractivity (Wildman–Crippen MR) is 85.6 cm³/mol. The van der Waals surface area contributed by atoms with E-state index >= 15 is 0 Å². The highest BCUT2D eigenvalue weighted by Gasteiger charge is 2.31. The molecule has 19 heavy (non-hydrogen) atoms. The van der Waals surface area contributed by atoms with Gasteiger partial charge in [-0.3, -0.25) is 4.90 Å². The maximum absolute atomic E-state index is 3.72. The van der Waals surface area contributed by atoms with Gasteiger partial charge in [-0.15, -0.1) is 0 Å². The van der Waals surface area contributed by atoms with E-state index in [-0.39, 0.29) is 0 Å².